The van der Waals surface area contributed by atoms with Gasteiger partial charge in [0.2, 0.25) is 0 Å². The Hall–Kier alpha value is -2.06. The van der Waals surface area contributed by atoms with Crippen LogP contribution in [0.1, 0.15) is 49.2 Å². The number of carbonyl (C=O) groups excluding carboxylic acids is 1. The summed E-state index contributed by atoms with van der Waals surface area (Å²) >= 11 is 6.13. The summed E-state index contributed by atoms with van der Waals surface area (Å²) in [6, 6.07) is 15.5. The van der Waals surface area contributed by atoms with Crippen molar-refractivity contribution in [2.75, 3.05) is 6.54 Å². The molecule has 0 radical (unpaired) electrons. The van der Waals surface area contributed by atoms with Crippen molar-refractivity contribution in [1.82, 2.24) is 5.32 Å². The molecular weight excluding hydrogens is 330 g/mol. The molecule has 0 fully saturated rings. The molecule has 0 spiro atoms. The molecule has 1 N–H and O–H groups in total. The molecule has 0 saturated heterocycles. The van der Waals surface area contributed by atoms with Gasteiger partial charge in [0.25, 0.3) is 5.91 Å². The van der Waals surface area contributed by atoms with E-state index in [1.165, 1.54) is 5.57 Å². The van der Waals surface area contributed by atoms with Crippen LogP contribution in [0, 0.1) is 5.41 Å². The number of hydrogen-bond acceptors (Lipinski definition) is 1. The Morgan fingerprint density at radius 1 is 1.04 bits per heavy atom. The summed E-state index contributed by atoms with van der Waals surface area (Å²) in [6.45, 7) is 9.20. The van der Waals surface area contributed by atoms with Crippen molar-refractivity contribution in [3.63, 3.8) is 0 Å². The lowest BCUT2D eigenvalue weighted by atomic mass is 9.91. The third kappa shape index (κ3) is 6.06. The largest absolute Gasteiger partial charge is 0.352 e. The molecule has 2 nitrogen and oxygen atoms in total. The fourth-order valence-corrected chi connectivity index (χ4v) is 2.96. The van der Waals surface area contributed by atoms with E-state index in [2.05, 4.69) is 39.1 Å². The number of halogens is 1. The van der Waals surface area contributed by atoms with Gasteiger partial charge in [-0.2, -0.15) is 0 Å². The van der Waals surface area contributed by atoms with Crippen LogP contribution in [0.15, 0.2) is 54.6 Å². The molecule has 25 heavy (non-hydrogen) atoms. The Bertz CT molecular complexity index is 754. The van der Waals surface area contributed by atoms with Gasteiger partial charge in [0, 0.05) is 17.1 Å². The van der Waals surface area contributed by atoms with Gasteiger partial charge >= 0.3 is 0 Å². The van der Waals surface area contributed by atoms with Crippen molar-refractivity contribution in [3.05, 3.63) is 76.3 Å². The predicted molar refractivity (Wildman–Crippen MR) is 107 cm³/mol. The average molecular weight is 356 g/mol. The Kier molecular flexibility index (Phi) is 6.44. The SMILES string of the molecule is CC(=CC(C)(C)C)c1ccc(C(=O)NCCc2ccccc2Cl)cc1. The Balaban J connectivity index is 1.94. The highest BCUT2D eigenvalue weighted by Crippen LogP contribution is 2.23. The van der Waals surface area contributed by atoms with E-state index in [1.54, 1.807) is 0 Å². The maximum Gasteiger partial charge on any atom is 0.251 e. The van der Waals surface area contributed by atoms with Gasteiger partial charge < -0.3 is 5.32 Å². The number of allylic oxidation sites excluding steroid dienone is 2. The van der Waals surface area contributed by atoms with E-state index in [4.69, 9.17) is 11.6 Å². The van der Waals surface area contributed by atoms with E-state index in [9.17, 15) is 4.79 Å². The second-order valence-corrected chi connectivity index (χ2v) is 7.78. The summed E-state index contributed by atoms with van der Waals surface area (Å²) < 4.78 is 0. The Labute approximate surface area is 155 Å². The summed E-state index contributed by atoms with van der Waals surface area (Å²) in [5.74, 6) is -0.0592. The fraction of sp³-hybridized carbons (Fsp3) is 0.318. The first-order valence-electron chi connectivity index (χ1n) is 8.58. The Morgan fingerprint density at radius 3 is 2.24 bits per heavy atom. The normalized spacial score (nSPS) is 12.1. The molecule has 0 atom stereocenters. The first-order valence-corrected chi connectivity index (χ1v) is 8.95. The number of benzene rings is 2. The van der Waals surface area contributed by atoms with E-state index in [0.717, 1.165) is 22.6 Å². The molecule has 0 aliphatic carbocycles. The highest BCUT2D eigenvalue weighted by atomic mass is 35.5. The predicted octanol–water partition coefficient (Wildman–Crippen LogP) is 5.76. The number of hydrogen-bond donors (Lipinski definition) is 1. The number of carbonyl (C=O) groups is 1. The maximum absolute atomic E-state index is 12.3. The summed E-state index contributed by atoms with van der Waals surface area (Å²) in [7, 11) is 0. The molecule has 0 aliphatic rings. The zero-order valence-corrected chi connectivity index (χ0v) is 16.2. The average Bonchev–Trinajstić information content (AvgIpc) is 2.55. The Morgan fingerprint density at radius 2 is 1.64 bits per heavy atom. The van der Waals surface area contributed by atoms with Crippen LogP contribution in [-0.4, -0.2) is 12.5 Å². The summed E-state index contributed by atoms with van der Waals surface area (Å²) in [4.78, 5) is 12.3. The second-order valence-electron chi connectivity index (χ2n) is 7.37. The standard InChI is InChI=1S/C22H26ClNO/c1-16(15-22(2,3)4)17-9-11-19(12-10-17)21(25)24-14-13-18-7-5-6-8-20(18)23/h5-12,15H,13-14H2,1-4H3,(H,24,25). The molecular formula is C22H26ClNO. The molecule has 2 aromatic rings. The van der Waals surface area contributed by atoms with Crippen molar-refractivity contribution >= 4 is 23.1 Å². The van der Waals surface area contributed by atoms with Crippen LogP contribution in [0.5, 0.6) is 0 Å². The lowest BCUT2D eigenvalue weighted by Crippen LogP contribution is -2.25. The van der Waals surface area contributed by atoms with Crippen molar-refractivity contribution in [2.24, 2.45) is 5.41 Å². The number of nitrogens with one attached hydrogen (secondary N) is 1. The van der Waals surface area contributed by atoms with E-state index < -0.39 is 0 Å². The molecule has 0 aromatic heterocycles. The first kappa shape index (κ1) is 19.3. The minimum Gasteiger partial charge on any atom is -0.352 e. The van der Waals surface area contributed by atoms with Crippen molar-refractivity contribution in [3.8, 4) is 0 Å². The lowest BCUT2D eigenvalue weighted by molar-refractivity contribution is 0.0954. The van der Waals surface area contributed by atoms with Crippen LogP contribution in [0.4, 0.5) is 0 Å². The first-order chi connectivity index (χ1) is 11.8. The van der Waals surface area contributed by atoms with Gasteiger partial charge in [0.05, 0.1) is 0 Å². The van der Waals surface area contributed by atoms with Crippen LogP contribution in [-0.2, 0) is 6.42 Å². The van der Waals surface area contributed by atoms with Crippen molar-refractivity contribution < 1.29 is 4.79 Å². The molecule has 2 rings (SSSR count). The fourth-order valence-electron chi connectivity index (χ4n) is 2.73. The quantitative estimate of drug-likeness (QED) is 0.725. The van der Waals surface area contributed by atoms with Gasteiger partial charge in [0.1, 0.15) is 0 Å². The van der Waals surface area contributed by atoms with Crippen LogP contribution in [0.2, 0.25) is 5.02 Å². The third-order valence-corrected chi connectivity index (χ3v) is 4.26. The zero-order chi connectivity index (χ0) is 18.4. The van der Waals surface area contributed by atoms with Crippen molar-refractivity contribution in [1.29, 1.82) is 0 Å². The van der Waals surface area contributed by atoms with Crippen LogP contribution in [0.3, 0.4) is 0 Å². The van der Waals surface area contributed by atoms with Gasteiger partial charge in [0.15, 0.2) is 0 Å². The van der Waals surface area contributed by atoms with Crippen LogP contribution < -0.4 is 5.32 Å². The van der Waals surface area contributed by atoms with Crippen LogP contribution in [0.25, 0.3) is 5.57 Å². The number of amides is 1. The molecule has 1 amide bonds. The molecule has 0 bridgehead atoms. The molecule has 0 heterocycles. The van der Waals surface area contributed by atoms with E-state index in [1.807, 2.05) is 48.5 Å². The highest BCUT2D eigenvalue weighted by Gasteiger charge is 2.09. The minimum absolute atomic E-state index is 0.0592. The summed E-state index contributed by atoms with van der Waals surface area (Å²) in [6.07, 6.45) is 2.96. The molecule has 2 aromatic carbocycles. The lowest BCUT2D eigenvalue weighted by Gasteiger charge is -2.14. The third-order valence-electron chi connectivity index (χ3n) is 3.89. The molecule has 3 heteroatoms. The van der Waals surface area contributed by atoms with Crippen LogP contribution >= 0.6 is 11.6 Å². The van der Waals surface area contributed by atoms with Gasteiger partial charge in [-0.15, -0.1) is 0 Å². The number of rotatable bonds is 5. The van der Waals surface area contributed by atoms with E-state index in [0.29, 0.717) is 12.1 Å². The van der Waals surface area contributed by atoms with E-state index >= 15 is 0 Å². The topological polar surface area (TPSA) is 29.1 Å². The monoisotopic (exact) mass is 355 g/mol. The van der Waals surface area contributed by atoms with Gasteiger partial charge in [-0.25, -0.2) is 0 Å². The zero-order valence-electron chi connectivity index (χ0n) is 15.4. The van der Waals surface area contributed by atoms with E-state index in [-0.39, 0.29) is 11.3 Å². The molecule has 132 valence electrons. The van der Waals surface area contributed by atoms with Gasteiger partial charge in [-0.3, -0.25) is 4.79 Å². The van der Waals surface area contributed by atoms with Gasteiger partial charge in [-0.1, -0.05) is 68.8 Å². The highest BCUT2D eigenvalue weighted by molar-refractivity contribution is 6.31. The second kappa shape index (κ2) is 8.35. The summed E-state index contributed by atoms with van der Waals surface area (Å²) in [5, 5.41) is 3.69. The maximum atomic E-state index is 12.3. The van der Waals surface area contributed by atoms with Crippen molar-refractivity contribution in [2.45, 2.75) is 34.1 Å². The smallest absolute Gasteiger partial charge is 0.251 e. The minimum atomic E-state index is -0.0592. The summed E-state index contributed by atoms with van der Waals surface area (Å²) in [5.41, 5.74) is 4.22. The van der Waals surface area contributed by atoms with Gasteiger partial charge in [-0.05, 0) is 53.7 Å². The molecule has 0 saturated carbocycles. The molecule has 0 unspecified atom stereocenters. The molecule has 0 aliphatic heterocycles.